The van der Waals surface area contributed by atoms with Crippen LogP contribution in [0.4, 0.5) is 0 Å². The molecule has 0 amide bonds. The molecule has 0 aliphatic heterocycles. The maximum absolute atomic E-state index is 5.36. The topological polar surface area (TPSA) is 18.5 Å². The zero-order valence-corrected chi connectivity index (χ0v) is 10.4. The second kappa shape index (κ2) is 4.94. The first-order chi connectivity index (χ1) is 6.12. The molecule has 0 aromatic carbocycles. The van der Waals surface area contributed by atoms with Crippen LogP contribution in [0.25, 0.3) is 0 Å². The van der Waals surface area contributed by atoms with Gasteiger partial charge in [-0.25, -0.2) is 9.78 Å². The van der Waals surface area contributed by atoms with Gasteiger partial charge in [0.1, 0.15) is 6.61 Å². The van der Waals surface area contributed by atoms with Crippen molar-refractivity contribution in [3.05, 3.63) is 12.2 Å². The third kappa shape index (κ3) is 8.27. The maximum atomic E-state index is 5.36. The van der Waals surface area contributed by atoms with Gasteiger partial charge in [0, 0.05) is 0 Å². The second-order valence-corrected chi connectivity index (χ2v) is 5.80. The molecule has 0 unspecified atom stereocenters. The van der Waals surface area contributed by atoms with E-state index in [0.717, 1.165) is 12.0 Å². The minimum atomic E-state index is -0.242. The Hall–Kier alpha value is -0.340. The van der Waals surface area contributed by atoms with Crippen molar-refractivity contribution in [2.45, 2.75) is 53.6 Å². The van der Waals surface area contributed by atoms with Crippen LogP contribution in [0.5, 0.6) is 0 Å². The number of rotatable bonds is 5. The molecule has 0 aromatic rings. The van der Waals surface area contributed by atoms with Crippen LogP contribution in [-0.2, 0) is 9.78 Å². The smallest absolute Gasteiger partial charge is 0.103 e. The van der Waals surface area contributed by atoms with Crippen LogP contribution in [0.15, 0.2) is 12.2 Å². The van der Waals surface area contributed by atoms with Crippen molar-refractivity contribution < 1.29 is 9.78 Å². The van der Waals surface area contributed by atoms with Gasteiger partial charge in [-0.1, -0.05) is 32.9 Å². The molecule has 0 aliphatic rings. The van der Waals surface area contributed by atoms with Crippen molar-refractivity contribution in [1.29, 1.82) is 0 Å². The third-order valence-electron chi connectivity index (χ3n) is 1.55. The summed E-state index contributed by atoms with van der Waals surface area (Å²) in [6.45, 7) is 16.8. The van der Waals surface area contributed by atoms with Crippen molar-refractivity contribution in [2.75, 3.05) is 6.61 Å². The van der Waals surface area contributed by atoms with E-state index in [9.17, 15) is 0 Å². The zero-order valence-electron chi connectivity index (χ0n) is 10.4. The summed E-state index contributed by atoms with van der Waals surface area (Å²) in [6, 6.07) is 0. The van der Waals surface area contributed by atoms with Crippen molar-refractivity contribution in [2.24, 2.45) is 5.41 Å². The fraction of sp³-hybridized carbons (Fsp3) is 0.833. The van der Waals surface area contributed by atoms with E-state index >= 15 is 0 Å². The second-order valence-electron chi connectivity index (χ2n) is 5.80. The van der Waals surface area contributed by atoms with E-state index in [-0.39, 0.29) is 11.0 Å². The molecular weight excluding hydrogens is 176 g/mol. The molecule has 0 bridgehead atoms. The van der Waals surface area contributed by atoms with Gasteiger partial charge in [-0.2, -0.15) is 0 Å². The Labute approximate surface area is 88.2 Å². The van der Waals surface area contributed by atoms with Crippen LogP contribution in [-0.4, -0.2) is 12.2 Å². The minimum Gasteiger partial charge on any atom is -0.232 e. The summed E-state index contributed by atoms with van der Waals surface area (Å²) in [5, 5.41) is 0. The third-order valence-corrected chi connectivity index (χ3v) is 1.55. The van der Waals surface area contributed by atoms with E-state index in [4.69, 9.17) is 9.78 Å². The number of hydrogen-bond acceptors (Lipinski definition) is 2. The Balaban J connectivity index is 3.89. The Kier molecular flexibility index (Phi) is 4.82. The van der Waals surface area contributed by atoms with Crippen LogP contribution in [0.2, 0.25) is 0 Å². The minimum absolute atomic E-state index is 0.242. The molecule has 0 fully saturated rings. The monoisotopic (exact) mass is 200 g/mol. The van der Waals surface area contributed by atoms with Crippen molar-refractivity contribution in [3.8, 4) is 0 Å². The summed E-state index contributed by atoms with van der Waals surface area (Å²) >= 11 is 0. The van der Waals surface area contributed by atoms with Gasteiger partial charge >= 0.3 is 0 Å². The van der Waals surface area contributed by atoms with Gasteiger partial charge in [0.2, 0.25) is 0 Å². The Bertz CT molecular complexity index is 187. The molecule has 0 aromatic heterocycles. The lowest BCUT2D eigenvalue weighted by molar-refractivity contribution is -0.352. The molecule has 2 heteroatoms. The predicted molar refractivity (Wildman–Crippen MR) is 60.0 cm³/mol. The van der Waals surface area contributed by atoms with Gasteiger partial charge in [-0.05, 0) is 32.6 Å². The van der Waals surface area contributed by atoms with Gasteiger partial charge in [-0.15, -0.1) is 0 Å². The van der Waals surface area contributed by atoms with Crippen LogP contribution in [0, 0.1) is 5.41 Å². The highest BCUT2D eigenvalue weighted by atomic mass is 17.2. The zero-order chi connectivity index (χ0) is 11.4. The summed E-state index contributed by atoms with van der Waals surface area (Å²) in [5.74, 6) is 0. The van der Waals surface area contributed by atoms with Crippen molar-refractivity contribution >= 4 is 0 Å². The lowest BCUT2D eigenvalue weighted by Gasteiger charge is -2.30. The van der Waals surface area contributed by atoms with Crippen molar-refractivity contribution in [3.63, 3.8) is 0 Å². The standard InChI is InChI=1S/C12H24O2/c1-10(2)8-13-14-12(6,7)9-11(3,4)5/h1,8-9H2,2-7H3. The predicted octanol–water partition coefficient (Wildman–Crippen LogP) is 3.73. The molecule has 0 radical (unpaired) electrons. The Morgan fingerprint density at radius 2 is 1.64 bits per heavy atom. The lowest BCUT2D eigenvalue weighted by Crippen LogP contribution is -2.30. The summed E-state index contributed by atoms with van der Waals surface area (Å²) in [7, 11) is 0. The van der Waals surface area contributed by atoms with E-state index in [1.165, 1.54) is 0 Å². The SMILES string of the molecule is C=C(C)COOC(C)(C)CC(C)(C)C. The highest BCUT2D eigenvalue weighted by molar-refractivity contribution is 4.86. The fourth-order valence-corrected chi connectivity index (χ4v) is 1.60. The average molecular weight is 200 g/mol. The maximum Gasteiger partial charge on any atom is 0.103 e. The largest absolute Gasteiger partial charge is 0.232 e. The first-order valence-corrected chi connectivity index (χ1v) is 5.07. The molecule has 0 atom stereocenters. The van der Waals surface area contributed by atoms with E-state index in [0.29, 0.717) is 6.61 Å². The molecule has 0 aliphatic carbocycles. The quantitative estimate of drug-likeness (QED) is 0.382. The van der Waals surface area contributed by atoms with Crippen LogP contribution in [0.3, 0.4) is 0 Å². The molecule has 2 nitrogen and oxygen atoms in total. The molecule has 0 heterocycles. The van der Waals surface area contributed by atoms with Crippen molar-refractivity contribution in [1.82, 2.24) is 0 Å². The van der Waals surface area contributed by atoms with Crippen LogP contribution >= 0.6 is 0 Å². The first kappa shape index (κ1) is 13.7. The van der Waals surface area contributed by atoms with E-state index in [1.54, 1.807) is 0 Å². The Morgan fingerprint density at radius 1 is 1.14 bits per heavy atom. The Morgan fingerprint density at radius 3 is 2.00 bits per heavy atom. The van der Waals surface area contributed by atoms with E-state index in [1.807, 2.05) is 20.8 Å². The summed E-state index contributed by atoms with van der Waals surface area (Å²) in [4.78, 5) is 10.5. The number of hydrogen-bond donors (Lipinski definition) is 0. The highest BCUT2D eigenvalue weighted by Crippen LogP contribution is 2.29. The fourth-order valence-electron chi connectivity index (χ4n) is 1.60. The molecule has 14 heavy (non-hydrogen) atoms. The summed E-state index contributed by atoms with van der Waals surface area (Å²) in [5.41, 5.74) is 0.973. The van der Waals surface area contributed by atoms with Gasteiger partial charge in [0.05, 0.1) is 5.60 Å². The summed E-state index contributed by atoms with van der Waals surface area (Å²) in [6.07, 6.45) is 0.955. The van der Waals surface area contributed by atoms with Gasteiger partial charge < -0.3 is 0 Å². The molecule has 0 rings (SSSR count). The highest BCUT2D eigenvalue weighted by Gasteiger charge is 2.27. The lowest BCUT2D eigenvalue weighted by atomic mass is 9.84. The van der Waals surface area contributed by atoms with E-state index < -0.39 is 0 Å². The van der Waals surface area contributed by atoms with Crippen LogP contribution in [0.1, 0.15) is 48.0 Å². The molecular formula is C12H24O2. The molecule has 0 spiro atoms. The normalized spacial score (nSPS) is 13.0. The first-order valence-electron chi connectivity index (χ1n) is 5.07. The molecule has 0 saturated heterocycles. The van der Waals surface area contributed by atoms with Gasteiger partial charge in [-0.3, -0.25) is 0 Å². The van der Waals surface area contributed by atoms with E-state index in [2.05, 4.69) is 27.4 Å². The average Bonchev–Trinajstić information content (AvgIpc) is 1.78. The van der Waals surface area contributed by atoms with Gasteiger partial charge in [0.25, 0.3) is 0 Å². The molecule has 0 N–H and O–H groups in total. The van der Waals surface area contributed by atoms with Gasteiger partial charge in [0.15, 0.2) is 0 Å². The summed E-state index contributed by atoms with van der Waals surface area (Å²) < 4.78 is 0. The molecule has 84 valence electrons. The molecule has 0 saturated carbocycles. The van der Waals surface area contributed by atoms with Crippen LogP contribution < -0.4 is 0 Å².